The van der Waals surface area contributed by atoms with Crippen molar-refractivity contribution in [3.63, 3.8) is 0 Å². The number of hydrogen-bond donors (Lipinski definition) is 1. The van der Waals surface area contributed by atoms with Gasteiger partial charge < -0.3 is 19.3 Å². The molecule has 128 valence electrons. The van der Waals surface area contributed by atoms with Gasteiger partial charge in [-0.1, -0.05) is 11.6 Å². The predicted octanol–water partition coefficient (Wildman–Crippen LogP) is 2.78. The molecule has 0 spiro atoms. The van der Waals surface area contributed by atoms with E-state index in [0.29, 0.717) is 18.9 Å². The van der Waals surface area contributed by atoms with Gasteiger partial charge in [-0.05, 0) is 37.1 Å². The Hall–Kier alpha value is -2.34. The molecular weight excluding hydrogens is 308 g/mol. The van der Waals surface area contributed by atoms with Crippen molar-refractivity contribution in [2.24, 2.45) is 5.41 Å². The van der Waals surface area contributed by atoms with Gasteiger partial charge in [0.1, 0.15) is 11.4 Å². The summed E-state index contributed by atoms with van der Waals surface area (Å²) < 4.78 is 15.7. The highest BCUT2D eigenvalue weighted by Gasteiger charge is 2.44. The zero-order chi connectivity index (χ0) is 17.0. The number of nitrogens with one attached hydrogen (secondary N) is 1. The molecule has 1 aromatic carbocycles. The van der Waals surface area contributed by atoms with E-state index in [1.807, 2.05) is 30.3 Å². The van der Waals surface area contributed by atoms with E-state index in [2.05, 4.69) is 10.5 Å². The lowest BCUT2D eigenvalue weighted by atomic mass is 9.68. The van der Waals surface area contributed by atoms with Crippen LogP contribution in [0.25, 0.3) is 11.3 Å². The van der Waals surface area contributed by atoms with Gasteiger partial charge in [-0.3, -0.25) is 4.79 Å². The first-order chi connectivity index (χ1) is 11.7. The Morgan fingerprint density at radius 1 is 1.29 bits per heavy atom. The van der Waals surface area contributed by atoms with Gasteiger partial charge in [-0.25, -0.2) is 0 Å². The van der Waals surface area contributed by atoms with Crippen molar-refractivity contribution in [1.82, 2.24) is 10.5 Å². The Kier molecular flexibility index (Phi) is 4.85. The first kappa shape index (κ1) is 16.5. The van der Waals surface area contributed by atoms with Crippen LogP contribution >= 0.6 is 0 Å². The van der Waals surface area contributed by atoms with E-state index in [1.165, 1.54) is 0 Å². The summed E-state index contributed by atoms with van der Waals surface area (Å²) in [5.74, 6) is 1.44. The van der Waals surface area contributed by atoms with Gasteiger partial charge in [0, 0.05) is 18.7 Å². The molecule has 0 saturated heterocycles. The van der Waals surface area contributed by atoms with Crippen molar-refractivity contribution in [2.45, 2.75) is 25.8 Å². The smallest absolute Gasteiger partial charge is 0.228 e. The maximum Gasteiger partial charge on any atom is 0.228 e. The van der Waals surface area contributed by atoms with Crippen LogP contribution in [0.4, 0.5) is 0 Å². The molecular formula is C18H22N2O4. The SMILES string of the molecule is COCC1(C(=O)NCc2cc(-c3ccc(OC)cc3)no2)CCC1. The summed E-state index contributed by atoms with van der Waals surface area (Å²) in [6.07, 6.45) is 2.82. The lowest BCUT2D eigenvalue weighted by Gasteiger charge is -2.39. The first-order valence-corrected chi connectivity index (χ1v) is 8.04. The molecule has 6 heteroatoms. The summed E-state index contributed by atoms with van der Waals surface area (Å²) in [5.41, 5.74) is 1.30. The molecule has 1 aliphatic rings. The van der Waals surface area contributed by atoms with E-state index in [9.17, 15) is 4.79 Å². The lowest BCUT2D eigenvalue weighted by Crippen LogP contribution is -2.48. The molecule has 1 aromatic heterocycles. The van der Waals surface area contributed by atoms with Gasteiger partial charge >= 0.3 is 0 Å². The Balaban J connectivity index is 1.60. The summed E-state index contributed by atoms with van der Waals surface area (Å²) in [4.78, 5) is 12.4. The Morgan fingerprint density at radius 2 is 2.04 bits per heavy atom. The Labute approximate surface area is 141 Å². The number of benzene rings is 1. The van der Waals surface area contributed by atoms with Crippen LogP contribution in [0.3, 0.4) is 0 Å². The van der Waals surface area contributed by atoms with Crippen molar-refractivity contribution in [1.29, 1.82) is 0 Å². The molecule has 0 radical (unpaired) electrons. The number of hydrogen-bond acceptors (Lipinski definition) is 5. The van der Waals surface area contributed by atoms with E-state index in [1.54, 1.807) is 14.2 Å². The number of carbonyl (C=O) groups is 1. The summed E-state index contributed by atoms with van der Waals surface area (Å²) in [5, 5.41) is 7.00. The molecule has 24 heavy (non-hydrogen) atoms. The second-order valence-electron chi connectivity index (χ2n) is 6.16. The summed E-state index contributed by atoms with van der Waals surface area (Å²) in [6.45, 7) is 0.791. The quantitative estimate of drug-likeness (QED) is 0.845. The Bertz CT molecular complexity index is 689. The third kappa shape index (κ3) is 3.28. The third-order valence-electron chi connectivity index (χ3n) is 4.58. The van der Waals surface area contributed by atoms with Crippen LogP contribution in [0, 0.1) is 5.41 Å². The number of ether oxygens (including phenoxy) is 2. The zero-order valence-corrected chi connectivity index (χ0v) is 14.0. The number of methoxy groups -OCH3 is 2. The molecule has 0 atom stereocenters. The normalized spacial score (nSPS) is 15.6. The van der Waals surface area contributed by atoms with E-state index in [-0.39, 0.29) is 11.3 Å². The van der Waals surface area contributed by atoms with Crippen molar-refractivity contribution in [3.8, 4) is 17.0 Å². The minimum absolute atomic E-state index is 0.0259. The molecule has 1 heterocycles. The maximum atomic E-state index is 12.4. The fourth-order valence-electron chi connectivity index (χ4n) is 2.97. The molecule has 2 aromatic rings. The number of rotatable bonds is 7. The van der Waals surface area contributed by atoms with Crippen LogP contribution in [-0.4, -0.2) is 31.9 Å². The monoisotopic (exact) mass is 330 g/mol. The summed E-state index contributed by atoms with van der Waals surface area (Å²) >= 11 is 0. The average Bonchev–Trinajstić information content (AvgIpc) is 3.05. The highest BCUT2D eigenvalue weighted by molar-refractivity contribution is 5.83. The lowest BCUT2D eigenvalue weighted by molar-refractivity contribution is -0.140. The molecule has 1 N–H and O–H groups in total. The standard InChI is InChI=1S/C18H22N2O4/c1-22-12-18(8-3-9-18)17(21)19-11-15-10-16(20-24-15)13-4-6-14(23-2)7-5-13/h4-7,10H,3,8-9,11-12H2,1-2H3,(H,19,21). The fourth-order valence-corrected chi connectivity index (χ4v) is 2.97. The molecule has 1 fully saturated rings. The van der Waals surface area contributed by atoms with Crippen LogP contribution in [0.1, 0.15) is 25.0 Å². The van der Waals surface area contributed by atoms with Crippen LogP contribution < -0.4 is 10.1 Å². The molecule has 6 nitrogen and oxygen atoms in total. The first-order valence-electron chi connectivity index (χ1n) is 8.04. The van der Waals surface area contributed by atoms with Crippen LogP contribution in [0.5, 0.6) is 5.75 Å². The minimum atomic E-state index is -0.367. The third-order valence-corrected chi connectivity index (χ3v) is 4.58. The van der Waals surface area contributed by atoms with Gasteiger partial charge in [0.2, 0.25) is 5.91 Å². The molecule has 0 aliphatic heterocycles. The van der Waals surface area contributed by atoms with Crippen molar-refractivity contribution in [3.05, 3.63) is 36.1 Å². The molecule has 1 aliphatic carbocycles. The summed E-state index contributed by atoms with van der Waals surface area (Å²) in [7, 11) is 3.26. The number of nitrogens with zero attached hydrogens (tertiary/aromatic N) is 1. The molecule has 0 unspecified atom stereocenters. The second kappa shape index (κ2) is 7.05. The van der Waals surface area contributed by atoms with E-state index in [0.717, 1.165) is 36.3 Å². The van der Waals surface area contributed by atoms with Gasteiger partial charge in [-0.2, -0.15) is 0 Å². The van der Waals surface area contributed by atoms with Gasteiger partial charge in [0.15, 0.2) is 5.76 Å². The number of carbonyl (C=O) groups excluding carboxylic acids is 1. The largest absolute Gasteiger partial charge is 0.497 e. The average molecular weight is 330 g/mol. The van der Waals surface area contributed by atoms with Gasteiger partial charge in [0.25, 0.3) is 0 Å². The second-order valence-corrected chi connectivity index (χ2v) is 6.16. The van der Waals surface area contributed by atoms with Gasteiger partial charge in [-0.15, -0.1) is 0 Å². The highest BCUT2D eigenvalue weighted by atomic mass is 16.5. The number of aromatic nitrogens is 1. The highest BCUT2D eigenvalue weighted by Crippen LogP contribution is 2.41. The van der Waals surface area contributed by atoms with Gasteiger partial charge in [0.05, 0.1) is 25.7 Å². The fraction of sp³-hybridized carbons (Fsp3) is 0.444. The predicted molar refractivity (Wildman–Crippen MR) is 88.5 cm³/mol. The molecule has 0 bridgehead atoms. The van der Waals surface area contributed by atoms with Crippen molar-refractivity contribution >= 4 is 5.91 Å². The van der Waals surface area contributed by atoms with Crippen LogP contribution in [0.15, 0.2) is 34.9 Å². The maximum absolute atomic E-state index is 12.4. The zero-order valence-electron chi connectivity index (χ0n) is 14.0. The Morgan fingerprint density at radius 3 is 2.62 bits per heavy atom. The van der Waals surface area contributed by atoms with E-state index < -0.39 is 0 Å². The summed E-state index contributed by atoms with van der Waals surface area (Å²) in [6, 6.07) is 9.42. The van der Waals surface area contributed by atoms with E-state index in [4.69, 9.17) is 14.0 Å². The molecule has 1 saturated carbocycles. The number of amides is 1. The topological polar surface area (TPSA) is 73.6 Å². The van der Waals surface area contributed by atoms with E-state index >= 15 is 0 Å². The van der Waals surface area contributed by atoms with Crippen molar-refractivity contribution < 1.29 is 18.8 Å². The molecule has 3 rings (SSSR count). The van der Waals surface area contributed by atoms with Crippen LogP contribution in [-0.2, 0) is 16.1 Å². The molecule has 1 amide bonds. The van der Waals surface area contributed by atoms with Crippen molar-refractivity contribution in [2.75, 3.05) is 20.8 Å². The minimum Gasteiger partial charge on any atom is -0.497 e. The van der Waals surface area contributed by atoms with Crippen LogP contribution in [0.2, 0.25) is 0 Å².